The summed E-state index contributed by atoms with van der Waals surface area (Å²) in [5.41, 5.74) is 1.09. The number of nitrogens with one attached hydrogen (secondary N) is 1. The third kappa shape index (κ3) is 2.83. The van der Waals surface area contributed by atoms with Crippen LogP contribution in [0.2, 0.25) is 0 Å². The van der Waals surface area contributed by atoms with Crippen molar-refractivity contribution in [3.63, 3.8) is 0 Å². The number of hydrogen-bond acceptors (Lipinski definition) is 3. The average Bonchev–Trinajstić information content (AvgIpc) is 2.99. The van der Waals surface area contributed by atoms with Crippen molar-refractivity contribution in [2.75, 3.05) is 11.9 Å². The fourth-order valence-electron chi connectivity index (χ4n) is 1.18. The second-order valence-corrected chi connectivity index (χ2v) is 3.73. The highest BCUT2D eigenvalue weighted by Gasteiger charge is 2.16. The van der Waals surface area contributed by atoms with Crippen LogP contribution in [0.4, 0.5) is 5.95 Å². The average molecular weight is 189 g/mol. The molecule has 74 valence electrons. The maximum atomic E-state index is 4.15. The van der Waals surface area contributed by atoms with Gasteiger partial charge in [-0.15, -0.1) is 0 Å². The van der Waals surface area contributed by atoms with Gasteiger partial charge in [0.15, 0.2) is 0 Å². The normalized spacial score (nSPS) is 16.1. The summed E-state index contributed by atoms with van der Waals surface area (Å²) in [6, 6.07) is 0. The summed E-state index contributed by atoms with van der Waals surface area (Å²) in [5, 5.41) is 3.15. The van der Waals surface area contributed by atoms with E-state index < -0.39 is 0 Å². The molecule has 1 fully saturated rings. The quantitative estimate of drug-likeness (QED) is 0.737. The Balaban J connectivity index is 1.76. The minimum atomic E-state index is 0.705. The van der Waals surface area contributed by atoms with Gasteiger partial charge in [0, 0.05) is 18.9 Å². The van der Waals surface area contributed by atoms with Crippen LogP contribution < -0.4 is 5.32 Å². The zero-order chi connectivity index (χ0) is 9.80. The first-order valence-electron chi connectivity index (χ1n) is 5.04. The van der Waals surface area contributed by atoms with Gasteiger partial charge in [-0.05, 0) is 31.2 Å². The first kappa shape index (κ1) is 9.19. The molecule has 3 heteroatoms. The van der Waals surface area contributed by atoms with E-state index in [9.17, 15) is 0 Å². The summed E-state index contributed by atoms with van der Waals surface area (Å²) in [6.07, 6.45) is 10.8. The monoisotopic (exact) mass is 189 g/mol. The number of anilines is 1. The van der Waals surface area contributed by atoms with Gasteiger partial charge in [-0.3, -0.25) is 0 Å². The van der Waals surface area contributed by atoms with E-state index in [1.165, 1.54) is 12.8 Å². The van der Waals surface area contributed by atoms with Crippen LogP contribution in [0.1, 0.15) is 18.4 Å². The molecule has 0 spiro atoms. The van der Waals surface area contributed by atoms with Crippen LogP contribution in [-0.4, -0.2) is 16.5 Å². The minimum Gasteiger partial charge on any atom is -0.351 e. The first-order chi connectivity index (χ1) is 6.84. The second-order valence-electron chi connectivity index (χ2n) is 3.73. The van der Waals surface area contributed by atoms with Crippen LogP contribution in [0.5, 0.6) is 0 Å². The Hall–Kier alpha value is -1.38. The lowest BCUT2D eigenvalue weighted by atomic mass is 10.3. The van der Waals surface area contributed by atoms with Gasteiger partial charge >= 0.3 is 0 Å². The molecule has 1 N–H and O–H groups in total. The minimum absolute atomic E-state index is 0.705. The third-order valence-corrected chi connectivity index (χ3v) is 2.19. The number of aromatic nitrogens is 2. The van der Waals surface area contributed by atoms with E-state index in [4.69, 9.17) is 0 Å². The van der Waals surface area contributed by atoms with E-state index in [2.05, 4.69) is 27.4 Å². The molecule has 1 aromatic heterocycles. The molecule has 0 saturated heterocycles. The summed E-state index contributed by atoms with van der Waals surface area (Å²) in [5.74, 6) is 1.55. The van der Waals surface area contributed by atoms with Gasteiger partial charge in [-0.2, -0.15) is 0 Å². The Morgan fingerprint density at radius 1 is 1.43 bits per heavy atom. The molecule has 1 heterocycles. The van der Waals surface area contributed by atoms with Crippen LogP contribution in [0.15, 0.2) is 24.5 Å². The molecule has 0 unspecified atom stereocenters. The van der Waals surface area contributed by atoms with Crippen molar-refractivity contribution < 1.29 is 0 Å². The van der Waals surface area contributed by atoms with E-state index in [0.717, 1.165) is 18.0 Å². The van der Waals surface area contributed by atoms with Gasteiger partial charge in [0.1, 0.15) is 0 Å². The van der Waals surface area contributed by atoms with Gasteiger partial charge < -0.3 is 5.32 Å². The topological polar surface area (TPSA) is 37.8 Å². The van der Waals surface area contributed by atoms with Crippen LogP contribution in [-0.2, 0) is 0 Å². The maximum Gasteiger partial charge on any atom is 0.222 e. The molecule has 2 rings (SSSR count). The molecule has 14 heavy (non-hydrogen) atoms. The molecular weight excluding hydrogens is 174 g/mol. The summed E-state index contributed by atoms with van der Waals surface area (Å²) in [7, 11) is 0. The largest absolute Gasteiger partial charge is 0.351 e. The Morgan fingerprint density at radius 2 is 2.14 bits per heavy atom. The maximum absolute atomic E-state index is 4.15. The van der Waals surface area contributed by atoms with Gasteiger partial charge in [-0.25, -0.2) is 9.97 Å². The fourth-order valence-corrected chi connectivity index (χ4v) is 1.18. The molecule has 0 aliphatic heterocycles. The van der Waals surface area contributed by atoms with Gasteiger partial charge in [0.2, 0.25) is 5.95 Å². The molecule has 1 aliphatic carbocycles. The van der Waals surface area contributed by atoms with Crippen molar-refractivity contribution in [1.29, 1.82) is 0 Å². The highest BCUT2D eigenvalue weighted by molar-refractivity contribution is 5.25. The summed E-state index contributed by atoms with van der Waals surface area (Å²) < 4.78 is 0. The van der Waals surface area contributed by atoms with Crippen LogP contribution >= 0.6 is 0 Å². The highest BCUT2D eigenvalue weighted by atomic mass is 15.1. The van der Waals surface area contributed by atoms with Gasteiger partial charge in [0.05, 0.1) is 0 Å². The Bertz CT molecular complexity index is 312. The SMILES string of the molecule is Cc1cnc(NC/C=C/C2CC2)nc1. The van der Waals surface area contributed by atoms with E-state index in [0.29, 0.717) is 5.95 Å². The smallest absolute Gasteiger partial charge is 0.222 e. The molecule has 0 amide bonds. The molecule has 0 bridgehead atoms. The first-order valence-corrected chi connectivity index (χ1v) is 5.04. The predicted octanol–water partition coefficient (Wildman–Crippen LogP) is 2.16. The predicted molar refractivity (Wildman–Crippen MR) is 57.1 cm³/mol. The van der Waals surface area contributed by atoms with Gasteiger partial charge in [0.25, 0.3) is 0 Å². The third-order valence-electron chi connectivity index (χ3n) is 2.19. The lowest BCUT2D eigenvalue weighted by Gasteiger charge is -2.00. The van der Waals surface area contributed by atoms with Crippen LogP contribution in [0, 0.1) is 12.8 Å². The van der Waals surface area contributed by atoms with Crippen molar-refractivity contribution in [2.45, 2.75) is 19.8 Å². The van der Waals surface area contributed by atoms with E-state index in [1.54, 1.807) is 0 Å². The number of hydrogen-bond donors (Lipinski definition) is 1. The zero-order valence-corrected chi connectivity index (χ0v) is 8.40. The van der Waals surface area contributed by atoms with Crippen molar-refractivity contribution in [2.24, 2.45) is 5.92 Å². The van der Waals surface area contributed by atoms with Gasteiger partial charge in [-0.1, -0.05) is 12.2 Å². The van der Waals surface area contributed by atoms with E-state index in [-0.39, 0.29) is 0 Å². The molecule has 1 aromatic rings. The van der Waals surface area contributed by atoms with Crippen molar-refractivity contribution in [3.8, 4) is 0 Å². The molecule has 3 nitrogen and oxygen atoms in total. The number of rotatable bonds is 4. The number of allylic oxidation sites excluding steroid dienone is 1. The molecular formula is C11H15N3. The molecule has 1 saturated carbocycles. The van der Waals surface area contributed by atoms with Crippen LogP contribution in [0.25, 0.3) is 0 Å². The lowest BCUT2D eigenvalue weighted by Crippen LogP contribution is -2.02. The Morgan fingerprint density at radius 3 is 2.79 bits per heavy atom. The second kappa shape index (κ2) is 4.22. The van der Waals surface area contributed by atoms with Crippen LogP contribution in [0.3, 0.4) is 0 Å². The Kier molecular flexibility index (Phi) is 2.77. The number of nitrogens with zero attached hydrogens (tertiary/aromatic N) is 2. The Labute approximate surface area is 84.3 Å². The molecule has 1 aliphatic rings. The lowest BCUT2D eigenvalue weighted by molar-refractivity contribution is 1.08. The molecule has 0 radical (unpaired) electrons. The van der Waals surface area contributed by atoms with Crippen molar-refractivity contribution >= 4 is 5.95 Å². The summed E-state index contributed by atoms with van der Waals surface area (Å²) in [6.45, 7) is 2.80. The standard InChI is InChI=1S/C11H15N3/c1-9-7-13-11(14-8-9)12-6-2-3-10-4-5-10/h2-3,7-8,10H,4-6H2,1H3,(H,12,13,14)/b3-2+. The zero-order valence-electron chi connectivity index (χ0n) is 8.40. The summed E-state index contributed by atoms with van der Waals surface area (Å²) in [4.78, 5) is 8.31. The number of aryl methyl sites for hydroxylation is 1. The summed E-state index contributed by atoms with van der Waals surface area (Å²) >= 11 is 0. The fraction of sp³-hybridized carbons (Fsp3) is 0.455. The molecule has 0 atom stereocenters. The van der Waals surface area contributed by atoms with E-state index >= 15 is 0 Å². The molecule has 0 aromatic carbocycles. The van der Waals surface area contributed by atoms with E-state index in [1.807, 2.05) is 19.3 Å². The van der Waals surface area contributed by atoms with Crippen molar-refractivity contribution in [3.05, 3.63) is 30.1 Å². The van der Waals surface area contributed by atoms with Crippen molar-refractivity contribution in [1.82, 2.24) is 9.97 Å². The highest BCUT2D eigenvalue weighted by Crippen LogP contribution is 2.29.